The molecule has 28 heavy (non-hydrogen) atoms. The van der Waals surface area contributed by atoms with E-state index in [2.05, 4.69) is 48.2 Å². The Morgan fingerprint density at radius 2 is 2.04 bits per heavy atom. The standard InChI is InChI=1S/C21H32N4O3/c1-15-10-18(12-19(11-15)28-14-17-6-7-17)16(2)24-22-8-4-3-5-9-25-13-20(26)23-21(25)27/h10-12,16-17,22,24H,3-9,13-14H2,1-2H3,(H,23,26,27). The Balaban J connectivity index is 1.30. The van der Waals surface area contributed by atoms with Gasteiger partial charge in [0.2, 0.25) is 5.91 Å². The number of imide groups is 1. The molecule has 2 fully saturated rings. The van der Waals surface area contributed by atoms with E-state index in [0.29, 0.717) is 6.54 Å². The van der Waals surface area contributed by atoms with Gasteiger partial charge in [-0.2, -0.15) is 0 Å². The molecule has 0 spiro atoms. The van der Waals surface area contributed by atoms with Crippen LogP contribution in [0.2, 0.25) is 0 Å². The zero-order valence-electron chi connectivity index (χ0n) is 16.9. The number of benzene rings is 1. The van der Waals surface area contributed by atoms with Crippen LogP contribution in [0.3, 0.4) is 0 Å². The summed E-state index contributed by atoms with van der Waals surface area (Å²) in [6, 6.07) is 6.32. The number of hydrazine groups is 1. The average Bonchev–Trinajstić information content (AvgIpc) is 3.42. The van der Waals surface area contributed by atoms with Crippen molar-refractivity contribution in [3.63, 3.8) is 0 Å². The van der Waals surface area contributed by atoms with Crippen LogP contribution in [0.1, 0.15) is 56.2 Å². The fourth-order valence-electron chi connectivity index (χ4n) is 3.27. The first kappa shape index (κ1) is 20.6. The molecule has 154 valence electrons. The summed E-state index contributed by atoms with van der Waals surface area (Å²) in [4.78, 5) is 24.1. The molecule has 1 unspecified atom stereocenters. The van der Waals surface area contributed by atoms with Crippen molar-refractivity contribution in [3.8, 4) is 5.75 Å². The van der Waals surface area contributed by atoms with Crippen molar-refractivity contribution in [2.24, 2.45) is 5.92 Å². The predicted octanol–water partition coefficient (Wildman–Crippen LogP) is 2.66. The summed E-state index contributed by atoms with van der Waals surface area (Å²) < 4.78 is 5.93. The maximum absolute atomic E-state index is 11.4. The van der Waals surface area contributed by atoms with Crippen molar-refractivity contribution in [3.05, 3.63) is 29.3 Å². The molecule has 2 aliphatic rings. The highest BCUT2D eigenvalue weighted by atomic mass is 16.5. The van der Waals surface area contributed by atoms with Gasteiger partial charge in [-0.05, 0) is 68.7 Å². The van der Waals surface area contributed by atoms with Gasteiger partial charge in [-0.25, -0.2) is 4.79 Å². The van der Waals surface area contributed by atoms with Crippen molar-refractivity contribution >= 4 is 11.9 Å². The van der Waals surface area contributed by atoms with Crippen molar-refractivity contribution in [1.29, 1.82) is 0 Å². The Labute approximate surface area is 167 Å². The lowest BCUT2D eigenvalue weighted by molar-refractivity contribution is -0.118. The summed E-state index contributed by atoms with van der Waals surface area (Å²) in [5, 5.41) is 2.30. The highest BCUT2D eigenvalue weighted by molar-refractivity contribution is 6.01. The molecule has 1 saturated carbocycles. The Morgan fingerprint density at radius 3 is 2.75 bits per heavy atom. The Morgan fingerprint density at radius 1 is 1.21 bits per heavy atom. The van der Waals surface area contributed by atoms with Gasteiger partial charge >= 0.3 is 6.03 Å². The molecule has 3 N–H and O–H groups in total. The average molecular weight is 389 g/mol. The lowest BCUT2D eigenvalue weighted by Gasteiger charge is -2.17. The summed E-state index contributed by atoms with van der Waals surface area (Å²) in [5.74, 6) is 1.50. The van der Waals surface area contributed by atoms with Crippen molar-refractivity contribution < 1.29 is 14.3 Å². The number of hydrogen-bond acceptors (Lipinski definition) is 5. The van der Waals surface area contributed by atoms with E-state index in [-0.39, 0.29) is 24.5 Å². The van der Waals surface area contributed by atoms with Crippen molar-refractivity contribution in [1.82, 2.24) is 21.1 Å². The van der Waals surface area contributed by atoms with Crippen LogP contribution in [0.15, 0.2) is 18.2 Å². The van der Waals surface area contributed by atoms with E-state index in [1.165, 1.54) is 24.0 Å². The molecule has 1 saturated heterocycles. The van der Waals surface area contributed by atoms with E-state index in [0.717, 1.165) is 44.1 Å². The number of urea groups is 1. The van der Waals surface area contributed by atoms with Crippen molar-refractivity contribution in [2.45, 2.75) is 52.0 Å². The minimum Gasteiger partial charge on any atom is -0.493 e. The first-order valence-electron chi connectivity index (χ1n) is 10.3. The first-order chi connectivity index (χ1) is 13.5. The minimum absolute atomic E-state index is 0.183. The smallest absolute Gasteiger partial charge is 0.324 e. The van der Waals surface area contributed by atoms with Gasteiger partial charge in [0.05, 0.1) is 6.61 Å². The van der Waals surface area contributed by atoms with E-state index in [4.69, 9.17) is 4.74 Å². The molecule has 3 rings (SSSR count). The van der Waals surface area contributed by atoms with Gasteiger partial charge in [0.25, 0.3) is 0 Å². The number of amides is 3. The van der Waals surface area contributed by atoms with E-state index < -0.39 is 0 Å². The lowest BCUT2D eigenvalue weighted by Crippen LogP contribution is -2.35. The number of nitrogens with zero attached hydrogens (tertiary/aromatic N) is 1. The van der Waals surface area contributed by atoms with Crippen LogP contribution in [0.5, 0.6) is 5.75 Å². The van der Waals surface area contributed by atoms with Gasteiger partial charge in [0, 0.05) is 19.1 Å². The maximum atomic E-state index is 11.4. The number of ether oxygens (including phenoxy) is 1. The van der Waals surface area contributed by atoms with E-state index >= 15 is 0 Å². The Bertz CT molecular complexity index is 690. The summed E-state index contributed by atoms with van der Waals surface area (Å²) >= 11 is 0. The van der Waals surface area contributed by atoms with E-state index in [1.807, 2.05) is 0 Å². The second-order valence-corrected chi connectivity index (χ2v) is 7.96. The second kappa shape index (κ2) is 9.89. The molecule has 1 heterocycles. The fraction of sp³-hybridized carbons (Fsp3) is 0.619. The molecule has 3 amide bonds. The summed E-state index contributed by atoms with van der Waals surface area (Å²) in [5.41, 5.74) is 9.06. The third-order valence-corrected chi connectivity index (χ3v) is 5.17. The number of nitrogens with one attached hydrogen (secondary N) is 3. The first-order valence-corrected chi connectivity index (χ1v) is 10.3. The topological polar surface area (TPSA) is 82.7 Å². The van der Waals surface area contributed by atoms with Gasteiger partial charge in [-0.3, -0.25) is 21.0 Å². The number of carbonyl (C=O) groups excluding carboxylic acids is 2. The molecule has 1 aromatic rings. The minimum atomic E-state index is -0.266. The summed E-state index contributed by atoms with van der Waals surface area (Å²) in [7, 11) is 0. The fourth-order valence-corrected chi connectivity index (χ4v) is 3.27. The maximum Gasteiger partial charge on any atom is 0.324 e. The molecular formula is C21H32N4O3. The quantitative estimate of drug-likeness (QED) is 0.291. The number of rotatable bonds is 12. The molecular weight excluding hydrogens is 356 g/mol. The summed E-state index contributed by atoms with van der Waals surface area (Å²) in [6.07, 6.45) is 5.50. The Kier molecular flexibility index (Phi) is 7.28. The van der Waals surface area contributed by atoms with Crippen LogP contribution in [0.4, 0.5) is 4.79 Å². The molecule has 0 radical (unpaired) electrons. The Hall–Kier alpha value is -2.12. The van der Waals surface area contributed by atoms with Gasteiger partial charge in [0.15, 0.2) is 0 Å². The molecule has 1 aliphatic carbocycles. The molecule has 7 heteroatoms. The molecule has 1 aromatic carbocycles. The predicted molar refractivity (Wildman–Crippen MR) is 108 cm³/mol. The van der Waals surface area contributed by atoms with Gasteiger partial charge in [-0.1, -0.05) is 12.5 Å². The zero-order valence-corrected chi connectivity index (χ0v) is 16.9. The highest BCUT2D eigenvalue weighted by Gasteiger charge is 2.25. The zero-order chi connectivity index (χ0) is 19.9. The van der Waals surface area contributed by atoms with Gasteiger partial charge in [-0.15, -0.1) is 0 Å². The third-order valence-electron chi connectivity index (χ3n) is 5.17. The molecule has 1 atom stereocenters. The van der Waals surface area contributed by atoms with E-state index in [9.17, 15) is 9.59 Å². The van der Waals surface area contributed by atoms with Gasteiger partial charge < -0.3 is 9.64 Å². The van der Waals surface area contributed by atoms with Crippen LogP contribution in [0.25, 0.3) is 0 Å². The van der Waals surface area contributed by atoms with Crippen LogP contribution in [-0.4, -0.2) is 43.1 Å². The SMILES string of the molecule is Cc1cc(OCC2CC2)cc(C(C)NNCCCCCN2CC(=O)NC2=O)c1. The molecule has 0 bridgehead atoms. The van der Waals surface area contributed by atoms with Crippen LogP contribution < -0.4 is 20.9 Å². The van der Waals surface area contributed by atoms with Gasteiger partial charge in [0.1, 0.15) is 12.3 Å². The van der Waals surface area contributed by atoms with Crippen LogP contribution in [-0.2, 0) is 4.79 Å². The largest absolute Gasteiger partial charge is 0.493 e. The number of aryl methyl sites for hydroxylation is 1. The highest BCUT2D eigenvalue weighted by Crippen LogP contribution is 2.30. The molecule has 1 aliphatic heterocycles. The molecule has 7 nitrogen and oxygen atoms in total. The normalized spacial score (nSPS) is 17.7. The van der Waals surface area contributed by atoms with Crippen LogP contribution in [0, 0.1) is 12.8 Å². The number of unbranched alkanes of at least 4 members (excludes halogenated alkanes) is 2. The monoisotopic (exact) mass is 388 g/mol. The van der Waals surface area contributed by atoms with Crippen LogP contribution >= 0.6 is 0 Å². The second-order valence-electron chi connectivity index (χ2n) is 7.96. The summed E-state index contributed by atoms with van der Waals surface area (Å²) in [6.45, 7) is 6.74. The van der Waals surface area contributed by atoms with E-state index in [1.54, 1.807) is 4.90 Å². The number of hydrogen-bond donors (Lipinski definition) is 3. The third kappa shape index (κ3) is 6.49. The van der Waals surface area contributed by atoms with Crippen molar-refractivity contribution in [2.75, 3.05) is 26.2 Å². The lowest BCUT2D eigenvalue weighted by atomic mass is 10.1. The molecule has 0 aromatic heterocycles. The number of carbonyl (C=O) groups is 2.